The van der Waals surface area contributed by atoms with Crippen LogP contribution in [0.4, 0.5) is 11.4 Å². The zero-order valence-corrected chi connectivity index (χ0v) is 12.0. The molecule has 0 radical (unpaired) electrons. The van der Waals surface area contributed by atoms with Gasteiger partial charge in [0.05, 0.1) is 21.4 Å². The van der Waals surface area contributed by atoms with Gasteiger partial charge in [-0.3, -0.25) is 0 Å². The summed E-state index contributed by atoms with van der Waals surface area (Å²) in [4.78, 5) is 0. The van der Waals surface area contributed by atoms with Gasteiger partial charge in [0.2, 0.25) is 0 Å². The number of benzene rings is 2. The van der Waals surface area contributed by atoms with Crippen LogP contribution in [-0.4, -0.2) is 0 Å². The van der Waals surface area contributed by atoms with Crippen molar-refractivity contribution in [3.63, 3.8) is 0 Å². The van der Waals surface area contributed by atoms with Crippen LogP contribution in [0.25, 0.3) is 11.1 Å². The van der Waals surface area contributed by atoms with E-state index in [1.54, 1.807) is 24.3 Å². The van der Waals surface area contributed by atoms with Crippen LogP contribution in [0.3, 0.4) is 0 Å². The van der Waals surface area contributed by atoms with Crippen LogP contribution in [0.2, 0.25) is 20.1 Å². The summed E-state index contributed by atoms with van der Waals surface area (Å²) in [6, 6.07) is 6.67. The van der Waals surface area contributed by atoms with Crippen LogP contribution in [0.1, 0.15) is 0 Å². The van der Waals surface area contributed by atoms with Gasteiger partial charge in [-0.2, -0.15) is 0 Å². The Hall–Kier alpha value is -0.800. The van der Waals surface area contributed by atoms with Crippen molar-refractivity contribution in [3.8, 4) is 11.1 Å². The van der Waals surface area contributed by atoms with Gasteiger partial charge in [-0.05, 0) is 24.3 Å². The molecule has 4 N–H and O–H groups in total. The Labute approximate surface area is 124 Å². The lowest BCUT2D eigenvalue weighted by atomic mass is 10.0. The number of rotatable bonds is 1. The lowest BCUT2D eigenvalue weighted by molar-refractivity contribution is 1.60. The second kappa shape index (κ2) is 5.06. The van der Waals surface area contributed by atoms with Gasteiger partial charge >= 0.3 is 0 Å². The Morgan fingerprint density at radius 2 is 1.39 bits per heavy atom. The molecule has 6 heteroatoms. The zero-order chi connectivity index (χ0) is 13.4. The largest absolute Gasteiger partial charge is 0.396 e. The molecule has 0 aliphatic rings. The van der Waals surface area contributed by atoms with E-state index in [1.165, 1.54) is 0 Å². The smallest absolute Gasteiger partial charge is 0.0759 e. The van der Waals surface area contributed by atoms with Crippen molar-refractivity contribution in [1.82, 2.24) is 0 Å². The van der Waals surface area contributed by atoms with Gasteiger partial charge in [-0.25, -0.2) is 0 Å². The normalized spacial score (nSPS) is 10.7. The van der Waals surface area contributed by atoms with Crippen molar-refractivity contribution >= 4 is 57.8 Å². The minimum absolute atomic E-state index is 0.232. The van der Waals surface area contributed by atoms with Crippen LogP contribution in [-0.2, 0) is 0 Å². The topological polar surface area (TPSA) is 52.0 Å². The molecule has 0 unspecified atom stereocenters. The summed E-state index contributed by atoms with van der Waals surface area (Å²) in [5.41, 5.74) is 13.2. The van der Waals surface area contributed by atoms with E-state index >= 15 is 0 Å². The summed E-state index contributed by atoms with van der Waals surface area (Å²) in [5, 5.41) is 1.67. The van der Waals surface area contributed by atoms with E-state index in [-0.39, 0.29) is 11.4 Å². The molecule has 2 rings (SSSR count). The molecule has 0 fully saturated rings. The van der Waals surface area contributed by atoms with E-state index in [9.17, 15) is 0 Å². The van der Waals surface area contributed by atoms with Crippen LogP contribution >= 0.6 is 46.4 Å². The molecule has 0 spiro atoms. The molecule has 0 aliphatic carbocycles. The number of nitrogen functional groups attached to an aromatic ring is 2. The fraction of sp³-hybridized carbons (Fsp3) is 0. The molecule has 0 amide bonds. The standard InChI is InChI=1S/C12H8Cl4N2/c13-5-1-2-8(14)6(3-5)7-4-9(15)11(17)12(18)10(7)16/h1-4H,17-18H2. The van der Waals surface area contributed by atoms with Gasteiger partial charge in [0.15, 0.2) is 0 Å². The van der Waals surface area contributed by atoms with Crippen LogP contribution in [0.15, 0.2) is 24.3 Å². The molecule has 2 aromatic rings. The lowest BCUT2D eigenvalue weighted by Crippen LogP contribution is -1.98. The Morgan fingerprint density at radius 1 is 0.722 bits per heavy atom. The minimum Gasteiger partial charge on any atom is -0.396 e. The second-order valence-electron chi connectivity index (χ2n) is 3.67. The molecule has 18 heavy (non-hydrogen) atoms. The molecule has 2 aromatic carbocycles. The summed E-state index contributed by atoms with van der Waals surface area (Å²) in [6.07, 6.45) is 0. The van der Waals surface area contributed by atoms with Crippen LogP contribution < -0.4 is 11.5 Å². The molecular formula is C12H8Cl4N2. The highest BCUT2D eigenvalue weighted by Gasteiger charge is 2.15. The number of halogens is 4. The van der Waals surface area contributed by atoms with Crippen molar-refractivity contribution in [1.29, 1.82) is 0 Å². The summed E-state index contributed by atoms with van der Waals surface area (Å²) in [7, 11) is 0. The third kappa shape index (κ3) is 2.34. The van der Waals surface area contributed by atoms with E-state index in [1.807, 2.05) is 0 Å². The second-order valence-corrected chi connectivity index (χ2v) is 5.30. The number of hydrogen-bond acceptors (Lipinski definition) is 2. The summed E-state index contributed by atoms with van der Waals surface area (Å²) < 4.78 is 0. The first-order chi connectivity index (χ1) is 8.41. The van der Waals surface area contributed by atoms with Crippen molar-refractivity contribution in [2.24, 2.45) is 0 Å². The van der Waals surface area contributed by atoms with Gasteiger partial charge in [0, 0.05) is 21.2 Å². The fourth-order valence-corrected chi connectivity index (χ4v) is 2.42. The Balaban J connectivity index is 2.75. The first-order valence-corrected chi connectivity index (χ1v) is 6.41. The average molecular weight is 322 g/mol. The quantitative estimate of drug-likeness (QED) is 0.715. The molecule has 0 aromatic heterocycles. The van der Waals surface area contributed by atoms with Gasteiger partial charge < -0.3 is 11.5 Å². The Bertz CT molecular complexity index is 626. The molecule has 94 valence electrons. The summed E-state index contributed by atoms with van der Waals surface area (Å²) >= 11 is 24.2. The first-order valence-electron chi connectivity index (χ1n) is 4.90. The molecule has 0 heterocycles. The van der Waals surface area contributed by atoms with E-state index in [4.69, 9.17) is 57.9 Å². The minimum atomic E-state index is 0.232. The molecular weight excluding hydrogens is 314 g/mol. The Kier molecular flexibility index (Phi) is 3.83. The number of anilines is 2. The third-order valence-electron chi connectivity index (χ3n) is 2.51. The van der Waals surface area contributed by atoms with Gasteiger partial charge in [-0.15, -0.1) is 0 Å². The molecule has 0 saturated heterocycles. The first kappa shape index (κ1) is 13.6. The van der Waals surface area contributed by atoms with Gasteiger partial charge in [0.1, 0.15) is 0 Å². The van der Waals surface area contributed by atoms with E-state index < -0.39 is 0 Å². The SMILES string of the molecule is Nc1c(Cl)cc(-c2cc(Cl)ccc2Cl)c(Cl)c1N. The van der Waals surface area contributed by atoms with Crippen molar-refractivity contribution in [2.75, 3.05) is 11.5 Å². The number of hydrogen-bond donors (Lipinski definition) is 2. The van der Waals surface area contributed by atoms with E-state index in [2.05, 4.69) is 0 Å². The van der Waals surface area contributed by atoms with Crippen LogP contribution in [0, 0.1) is 0 Å². The van der Waals surface area contributed by atoms with Gasteiger partial charge in [-0.1, -0.05) is 46.4 Å². The fourth-order valence-electron chi connectivity index (χ4n) is 1.56. The molecule has 2 nitrogen and oxygen atoms in total. The summed E-state index contributed by atoms with van der Waals surface area (Å²) in [5.74, 6) is 0. The van der Waals surface area contributed by atoms with Crippen molar-refractivity contribution in [3.05, 3.63) is 44.4 Å². The van der Waals surface area contributed by atoms with Crippen molar-refractivity contribution < 1.29 is 0 Å². The molecule has 0 saturated carbocycles. The van der Waals surface area contributed by atoms with E-state index in [0.717, 1.165) is 0 Å². The monoisotopic (exact) mass is 320 g/mol. The van der Waals surface area contributed by atoms with Crippen LogP contribution in [0.5, 0.6) is 0 Å². The zero-order valence-electron chi connectivity index (χ0n) is 8.98. The summed E-state index contributed by atoms with van der Waals surface area (Å²) in [6.45, 7) is 0. The maximum atomic E-state index is 6.16. The molecule has 0 aliphatic heterocycles. The molecule has 0 atom stereocenters. The Morgan fingerprint density at radius 3 is 2.06 bits per heavy atom. The maximum Gasteiger partial charge on any atom is 0.0759 e. The molecule has 0 bridgehead atoms. The highest BCUT2D eigenvalue weighted by molar-refractivity contribution is 6.41. The lowest BCUT2D eigenvalue weighted by Gasteiger charge is -2.12. The predicted octanol–water partition coefficient (Wildman–Crippen LogP) is 5.13. The highest BCUT2D eigenvalue weighted by Crippen LogP contribution is 2.42. The van der Waals surface area contributed by atoms with Gasteiger partial charge in [0.25, 0.3) is 0 Å². The maximum absolute atomic E-state index is 6.16. The van der Waals surface area contributed by atoms with Crippen molar-refractivity contribution in [2.45, 2.75) is 0 Å². The number of nitrogens with two attached hydrogens (primary N) is 2. The highest BCUT2D eigenvalue weighted by atomic mass is 35.5. The predicted molar refractivity (Wildman–Crippen MR) is 80.7 cm³/mol. The average Bonchev–Trinajstić information content (AvgIpc) is 2.34. The third-order valence-corrected chi connectivity index (χ3v) is 3.79. The van der Waals surface area contributed by atoms with E-state index in [0.29, 0.717) is 31.2 Å².